The van der Waals surface area contributed by atoms with Crippen molar-refractivity contribution in [2.24, 2.45) is 17.8 Å². The highest BCUT2D eigenvalue weighted by atomic mass is 16.5. The van der Waals surface area contributed by atoms with Crippen LogP contribution in [-0.2, 0) is 14.9 Å². The molecule has 0 unspecified atom stereocenters. The van der Waals surface area contributed by atoms with E-state index in [9.17, 15) is 15.0 Å². The number of quaternary nitrogens is 1. The number of hydrogen-bond acceptors (Lipinski definition) is 5. The Morgan fingerprint density at radius 2 is 2.03 bits per heavy atom. The van der Waals surface area contributed by atoms with E-state index in [1.54, 1.807) is 0 Å². The molecule has 7 rings (SSSR count). The number of aliphatic hydroxyl groups is 2. The van der Waals surface area contributed by atoms with Gasteiger partial charge in [-0.05, 0) is 30.9 Å². The Hall–Kier alpha value is -1.63. The summed E-state index contributed by atoms with van der Waals surface area (Å²) >= 11 is 0. The summed E-state index contributed by atoms with van der Waals surface area (Å²) in [4.78, 5) is 15.2. The van der Waals surface area contributed by atoms with Crippen LogP contribution in [0.1, 0.15) is 38.7 Å². The minimum absolute atomic E-state index is 0.0954. The lowest BCUT2D eigenvalue weighted by Gasteiger charge is -2.67. The van der Waals surface area contributed by atoms with Crippen LogP contribution in [0.5, 0.6) is 0 Å². The number of piperidine rings is 4. The second-order valence-corrected chi connectivity index (χ2v) is 10.3. The number of anilines is 1. The van der Waals surface area contributed by atoms with Gasteiger partial charge in [0, 0.05) is 37.4 Å². The van der Waals surface area contributed by atoms with Crippen molar-refractivity contribution >= 4 is 11.7 Å². The molecular formula is C24H33N2O4+. The molecule has 5 heterocycles. The van der Waals surface area contributed by atoms with Crippen LogP contribution in [0, 0.1) is 17.8 Å². The molecule has 4 saturated heterocycles. The van der Waals surface area contributed by atoms with Crippen LogP contribution >= 0.6 is 0 Å². The highest BCUT2D eigenvalue weighted by Crippen LogP contribution is 2.71. The van der Waals surface area contributed by atoms with Crippen LogP contribution in [0.25, 0.3) is 0 Å². The lowest BCUT2D eigenvalue weighted by molar-refractivity contribution is -1.03. The Morgan fingerprint density at radius 1 is 1.27 bits per heavy atom. The van der Waals surface area contributed by atoms with Crippen LogP contribution in [0.2, 0.25) is 0 Å². The monoisotopic (exact) mass is 413 g/mol. The lowest BCUT2D eigenvalue weighted by Crippen LogP contribution is -2.83. The summed E-state index contributed by atoms with van der Waals surface area (Å²) in [6.07, 6.45) is 1.69. The first-order chi connectivity index (χ1) is 14.4. The molecule has 0 aromatic heterocycles. The van der Waals surface area contributed by atoms with Crippen molar-refractivity contribution in [1.29, 1.82) is 0 Å². The van der Waals surface area contributed by atoms with Crippen molar-refractivity contribution in [3.05, 3.63) is 29.8 Å². The average molecular weight is 414 g/mol. The summed E-state index contributed by atoms with van der Waals surface area (Å²) in [5.74, 6) is 0.361. The molecule has 2 N–H and O–H groups in total. The summed E-state index contributed by atoms with van der Waals surface area (Å²) < 4.78 is 5.81. The van der Waals surface area contributed by atoms with E-state index >= 15 is 0 Å². The average Bonchev–Trinajstić information content (AvgIpc) is 3.11. The molecule has 0 amide bonds. The molecule has 0 radical (unpaired) electrons. The molecule has 5 fully saturated rings. The Kier molecular flexibility index (Phi) is 3.81. The Morgan fingerprint density at radius 3 is 2.77 bits per heavy atom. The van der Waals surface area contributed by atoms with Crippen molar-refractivity contribution in [2.45, 2.75) is 69.0 Å². The summed E-state index contributed by atoms with van der Waals surface area (Å²) in [5.41, 5.74) is 2.17. The van der Waals surface area contributed by atoms with Gasteiger partial charge < -0.3 is 19.8 Å². The van der Waals surface area contributed by atoms with Crippen LogP contribution < -0.4 is 4.90 Å². The van der Waals surface area contributed by atoms with Crippen LogP contribution in [-0.4, -0.2) is 71.3 Å². The predicted octanol–water partition coefficient (Wildman–Crippen LogP) is 1.63. The van der Waals surface area contributed by atoms with E-state index in [1.165, 1.54) is 11.3 Å². The molecule has 30 heavy (non-hydrogen) atoms. The fourth-order valence-corrected chi connectivity index (χ4v) is 9.13. The number of fused-ring (bicyclic) bond motifs is 2. The fourth-order valence-electron chi connectivity index (χ4n) is 9.13. The van der Waals surface area contributed by atoms with Gasteiger partial charge in [-0.3, -0.25) is 4.48 Å². The number of para-hydroxylation sites is 1. The van der Waals surface area contributed by atoms with Gasteiger partial charge in [-0.15, -0.1) is 0 Å². The predicted molar refractivity (Wildman–Crippen MR) is 112 cm³/mol. The summed E-state index contributed by atoms with van der Waals surface area (Å²) in [6.45, 7) is 4.55. The highest BCUT2D eigenvalue weighted by Gasteiger charge is 2.83. The van der Waals surface area contributed by atoms with E-state index in [0.717, 1.165) is 19.3 Å². The Balaban J connectivity index is 1.57. The second kappa shape index (κ2) is 5.99. The van der Waals surface area contributed by atoms with Gasteiger partial charge in [0.2, 0.25) is 0 Å². The molecule has 6 aliphatic rings. The number of benzene rings is 1. The second-order valence-electron chi connectivity index (χ2n) is 10.3. The molecule has 5 bridgehead atoms. The number of ether oxygens (including phenoxy) is 1. The summed E-state index contributed by atoms with van der Waals surface area (Å²) in [7, 11) is 2.14. The third-order valence-electron chi connectivity index (χ3n) is 9.83. The summed E-state index contributed by atoms with van der Waals surface area (Å²) in [6, 6.07) is 8.84. The maximum Gasteiger partial charge on any atom is 0.361 e. The maximum absolute atomic E-state index is 12.8. The van der Waals surface area contributed by atoms with Gasteiger partial charge in [-0.25, -0.2) is 4.79 Å². The number of esters is 1. The number of aliphatic hydroxyl groups excluding tert-OH is 2. The number of carbonyl (C=O) groups is 1. The van der Waals surface area contributed by atoms with E-state index in [0.29, 0.717) is 17.0 Å². The van der Waals surface area contributed by atoms with E-state index in [-0.39, 0.29) is 47.9 Å². The number of likely N-dealkylation sites (N-methyl/N-ethyl adjacent to an activating group) is 1. The maximum atomic E-state index is 12.8. The van der Waals surface area contributed by atoms with E-state index in [2.05, 4.69) is 43.1 Å². The largest absolute Gasteiger partial charge is 0.462 e. The Bertz CT molecular complexity index is 907. The SMILES string of the molecule is CCOC(=O)C[N@+]12[C@H](O)[C@@H](CC)[C@@H]3C[C@H]1[C@@H]1N(C)c4ccccc4[C@@]14C[C@H]2[C@H]3[C@@H]4O. The van der Waals surface area contributed by atoms with E-state index in [1.807, 2.05) is 6.92 Å². The van der Waals surface area contributed by atoms with Crippen molar-refractivity contribution in [3.8, 4) is 0 Å². The minimum Gasteiger partial charge on any atom is -0.462 e. The first kappa shape index (κ1) is 19.1. The van der Waals surface area contributed by atoms with Crippen LogP contribution in [0.3, 0.4) is 0 Å². The molecule has 1 aromatic rings. The number of hydrogen-bond donors (Lipinski definition) is 2. The van der Waals surface area contributed by atoms with E-state index < -0.39 is 12.3 Å². The zero-order chi connectivity index (χ0) is 21.0. The molecule has 5 aliphatic heterocycles. The van der Waals surface area contributed by atoms with Gasteiger partial charge in [0.15, 0.2) is 12.8 Å². The molecule has 1 spiro atoms. The van der Waals surface area contributed by atoms with Gasteiger partial charge in [0.25, 0.3) is 0 Å². The van der Waals surface area contributed by atoms with Gasteiger partial charge in [0.05, 0.1) is 30.2 Å². The Labute approximate surface area is 178 Å². The molecule has 6 heteroatoms. The van der Waals surface area contributed by atoms with Crippen molar-refractivity contribution in [3.63, 3.8) is 0 Å². The van der Waals surface area contributed by atoms with Crippen molar-refractivity contribution < 1.29 is 24.2 Å². The van der Waals surface area contributed by atoms with Gasteiger partial charge in [-0.1, -0.05) is 25.1 Å². The molecular weight excluding hydrogens is 380 g/mol. The molecule has 1 aromatic carbocycles. The van der Waals surface area contributed by atoms with Crippen LogP contribution in [0.15, 0.2) is 24.3 Å². The quantitative estimate of drug-likeness (QED) is 0.580. The van der Waals surface area contributed by atoms with Gasteiger partial charge in [0.1, 0.15) is 6.04 Å². The molecule has 6 nitrogen and oxygen atoms in total. The standard InChI is InChI=1S/C24H33N2O4/c1-4-13-14-10-17-21-24(15-8-6-7-9-16(15)25(21)3)11-18(20(14)22(24)28)26(17,23(13)29)12-19(27)30-5-2/h6-9,13-14,17-18,20-23,28-29H,4-5,10-12H2,1-3H3/q+1/t13-,14-,17-,18-,20-,21-,22-,23+,24-,26-/m0/s1. The van der Waals surface area contributed by atoms with Crippen molar-refractivity contribution in [2.75, 3.05) is 25.1 Å². The first-order valence-corrected chi connectivity index (χ1v) is 11.6. The number of carbonyl (C=O) groups excluding carboxylic acids is 1. The van der Waals surface area contributed by atoms with Gasteiger partial charge in [-0.2, -0.15) is 0 Å². The zero-order valence-electron chi connectivity index (χ0n) is 18.1. The van der Waals surface area contributed by atoms with E-state index in [4.69, 9.17) is 4.74 Å². The minimum atomic E-state index is -0.565. The fraction of sp³-hybridized carbons (Fsp3) is 0.708. The number of rotatable bonds is 4. The lowest BCUT2D eigenvalue weighted by atomic mass is 9.60. The molecule has 1 aliphatic carbocycles. The zero-order valence-corrected chi connectivity index (χ0v) is 18.1. The smallest absolute Gasteiger partial charge is 0.361 e. The summed E-state index contributed by atoms with van der Waals surface area (Å²) in [5, 5.41) is 23.7. The highest BCUT2D eigenvalue weighted by molar-refractivity contribution is 5.71. The first-order valence-electron chi connectivity index (χ1n) is 11.6. The van der Waals surface area contributed by atoms with Gasteiger partial charge >= 0.3 is 5.97 Å². The molecule has 1 saturated carbocycles. The molecule has 162 valence electrons. The third-order valence-corrected chi connectivity index (χ3v) is 9.83. The van der Waals surface area contributed by atoms with Crippen molar-refractivity contribution in [1.82, 2.24) is 0 Å². The normalized spacial score (nSPS) is 49.3. The van der Waals surface area contributed by atoms with Crippen LogP contribution in [0.4, 0.5) is 5.69 Å². The molecule has 10 atom stereocenters. The topological polar surface area (TPSA) is 70.0 Å². The third kappa shape index (κ3) is 1.83. The number of nitrogens with zero attached hydrogens (tertiary/aromatic N) is 2.